The van der Waals surface area contributed by atoms with E-state index < -0.39 is 0 Å². The minimum atomic E-state index is 0.191. The summed E-state index contributed by atoms with van der Waals surface area (Å²) in [6.45, 7) is 0. The summed E-state index contributed by atoms with van der Waals surface area (Å²) in [6.07, 6.45) is 12.2. The van der Waals surface area contributed by atoms with Crippen molar-refractivity contribution in [3.05, 3.63) is 10.6 Å². The number of aromatic nitrogens is 1. The van der Waals surface area contributed by atoms with Gasteiger partial charge in [-0.25, -0.2) is 4.98 Å². The van der Waals surface area contributed by atoms with Crippen LogP contribution in [0.2, 0.25) is 0 Å². The zero-order valence-electron chi connectivity index (χ0n) is 12.6. The number of carbonyl (C=O) groups is 1. The number of amides is 1. The van der Waals surface area contributed by atoms with Gasteiger partial charge in [0.15, 0.2) is 5.13 Å². The van der Waals surface area contributed by atoms with Crippen LogP contribution in [0.4, 0.5) is 5.13 Å². The van der Waals surface area contributed by atoms with Crippen molar-refractivity contribution < 1.29 is 4.79 Å². The molecule has 3 aliphatic carbocycles. The van der Waals surface area contributed by atoms with Crippen LogP contribution in [-0.2, 0) is 17.6 Å². The Hall–Kier alpha value is -0.900. The van der Waals surface area contributed by atoms with Crippen molar-refractivity contribution in [3.63, 3.8) is 0 Å². The van der Waals surface area contributed by atoms with E-state index in [4.69, 9.17) is 0 Å². The highest BCUT2D eigenvalue weighted by Gasteiger charge is 2.40. The second-order valence-corrected chi connectivity index (χ2v) is 8.22. The molecule has 2 fully saturated rings. The SMILES string of the molecule is O=C(C[C@@H]1C[C@H]2CC[C@@H]1C2)Nc1nc2c(s1)CCCCC2. The van der Waals surface area contributed by atoms with Crippen LogP contribution in [0.5, 0.6) is 0 Å². The van der Waals surface area contributed by atoms with E-state index in [-0.39, 0.29) is 5.91 Å². The van der Waals surface area contributed by atoms with Crippen molar-refractivity contribution >= 4 is 22.4 Å². The Kier molecular flexibility index (Phi) is 3.74. The fraction of sp³-hybridized carbons (Fsp3) is 0.765. The molecule has 4 rings (SSSR count). The predicted molar refractivity (Wildman–Crippen MR) is 85.6 cm³/mol. The summed E-state index contributed by atoms with van der Waals surface area (Å²) in [5.41, 5.74) is 1.24. The maximum Gasteiger partial charge on any atom is 0.226 e. The average molecular weight is 304 g/mol. The molecule has 0 spiro atoms. The summed E-state index contributed by atoms with van der Waals surface area (Å²) in [7, 11) is 0. The molecular formula is C17H24N2OS. The van der Waals surface area contributed by atoms with E-state index in [2.05, 4.69) is 10.3 Å². The van der Waals surface area contributed by atoms with E-state index in [0.29, 0.717) is 12.3 Å². The van der Waals surface area contributed by atoms with Gasteiger partial charge in [-0.05, 0) is 62.7 Å². The van der Waals surface area contributed by atoms with E-state index in [1.165, 1.54) is 55.5 Å². The third-order valence-corrected chi connectivity index (χ3v) is 6.75. The first-order valence-corrected chi connectivity index (χ1v) is 9.38. The lowest BCUT2D eigenvalue weighted by molar-refractivity contribution is -0.117. The van der Waals surface area contributed by atoms with E-state index in [1.54, 1.807) is 11.3 Å². The molecule has 21 heavy (non-hydrogen) atoms. The molecule has 1 aromatic heterocycles. The number of nitrogens with one attached hydrogen (secondary N) is 1. The van der Waals surface area contributed by atoms with E-state index >= 15 is 0 Å². The van der Waals surface area contributed by atoms with Crippen molar-refractivity contribution in [1.82, 2.24) is 4.98 Å². The van der Waals surface area contributed by atoms with Crippen LogP contribution in [0.3, 0.4) is 0 Å². The monoisotopic (exact) mass is 304 g/mol. The summed E-state index contributed by atoms with van der Waals surface area (Å²) in [6, 6.07) is 0. The summed E-state index contributed by atoms with van der Waals surface area (Å²) >= 11 is 1.71. The fourth-order valence-corrected chi connectivity index (χ4v) is 5.68. The molecular weight excluding hydrogens is 280 g/mol. The number of rotatable bonds is 3. The first-order chi connectivity index (χ1) is 10.3. The van der Waals surface area contributed by atoms with E-state index in [9.17, 15) is 4.79 Å². The lowest BCUT2D eigenvalue weighted by Crippen LogP contribution is -2.20. The van der Waals surface area contributed by atoms with Crippen molar-refractivity contribution in [2.24, 2.45) is 17.8 Å². The van der Waals surface area contributed by atoms with Crippen LogP contribution < -0.4 is 5.32 Å². The molecule has 114 valence electrons. The van der Waals surface area contributed by atoms with Gasteiger partial charge in [-0.2, -0.15) is 0 Å². The minimum Gasteiger partial charge on any atom is -0.302 e. The van der Waals surface area contributed by atoms with Crippen molar-refractivity contribution in [1.29, 1.82) is 0 Å². The van der Waals surface area contributed by atoms with Gasteiger partial charge in [0.05, 0.1) is 5.69 Å². The van der Waals surface area contributed by atoms with Gasteiger partial charge in [0.1, 0.15) is 0 Å². The number of carbonyl (C=O) groups excluding carboxylic acids is 1. The quantitative estimate of drug-likeness (QED) is 0.851. The zero-order valence-corrected chi connectivity index (χ0v) is 13.4. The van der Waals surface area contributed by atoms with Crippen molar-refractivity contribution in [2.75, 3.05) is 5.32 Å². The number of hydrogen-bond acceptors (Lipinski definition) is 3. The molecule has 0 aromatic carbocycles. The molecule has 1 N–H and O–H groups in total. The Balaban J connectivity index is 1.36. The second-order valence-electron chi connectivity index (χ2n) is 7.14. The maximum absolute atomic E-state index is 12.3. The molecule has 3 atom stereocenters. The highest BCUT2D eigenvalue weighted by atomic mass is 32.1. The molecule has 0 radical (unpaired) electrons. The molecule has 1 aromatic rings. The van der Waals surface area contributed by atoms with Gasteiger partial charge in [0.2, 0.25) is 5.91 Å². The molecule has 1 amide bonds. The lowest BCUT2D eigenvalue weighted by Gasteiger charge is -2.20. The first kappa shape index (κ1) is 13.7. The molecule has 0 saturated heterocycles. The van der Waals surface area contributed by atoms with Gasteiger partial charge >= 0.3 is 0 Å². The van der Waals surface area contributed by atoms with Crippen LogP contribution in [0, 0.1) is 17.8 Å². The Morgan fingerprint density at radius 1 is 1.19 bits per heavy atom. The van der Waals surface area contributed by atoms with Crippen LogP contribution in [0.1, 0.15) is 61.9 Å². The number of aryl methyl sites for hydroxylation is 2. The van der Waals surface area contributed by atoms with Crippen LogP contribution in [0.25, 0.3) is 0 Å². The Morgan fingerprint density at radius 3 is 2.90 bits per heavy atom. The Labute approximate surface area is 130 Å². The third-order valence-electron chi connectivity index (χ3n) is 5.67. The standard InChI is InChI=1S/C17H24N2OS/c20-16(10-13-9-11-6-7-12(13)8-11)19-17-18-14-4-2-1-3-5-15(14)21-17/h11-13H,1-10H2,(H,18,19,20)/t11-,12+,13-/m0/s1. The van der Waals surface area contributed by atoms with Crippen LogP contribution >= 0.6 is 11.3 Å². The number of anilines is 1. The molecule has 4 heteroatoms. The number of nitrogens with zero attached hydrogens (tertiary/aromatic N) is 1. The zero-order chi connectivity index (χ0) is 14.2. The first-order valence-electron chi connectivity index (χ1n) is 8.56. The smallest absolute Gasteiger partial charge is 0.226 e. The molecule has 0 aliphatic heterocycles. The summed E-state index contributed by atoms with van der Waals surface area (Å²) in [4.78, 5) is 18.3. The molecule has 0 unspecified atom stereocenters. The van der Waals surface area contributed by atoms with Crippen LogP contribution in [0.15, 0.2) is 0 Å². The van der Waals surface area contributed by atoms with Gasteiger partial charge in [-0.15, -0.1) is 11.3 Å². The fourth-order valence-electron chi connectivity index (χ4n) is 4.62. The summed E-state index contributed by atoms with van der Waals surface area (Å²) in [5, 5.41) is 3.92. The van der Waals surface area contributed by atoms with Crippen molar-refractivity contribution in [2.45, 2.75) is 64.2 Å². The highest BCUT2D eigenvalue weighted by molar-refractivity contribution is 7.15. The summed E-state index contributed by atoms with van der Waals surface area (Å²) < 4.78 is 0. The highest BCUT2D eigenvalue weighted by Crippen LogP contribution is 2.49. The van der Waals surface area contributed by atoms with Crippen molar-refractivity contribution in [3.8, 4) is 0 Å². The van der Waals surface area contributed by atoms with E-state index in [1.807, 2.05) is 0 Å². The summed E-state index contributed by atoms with van der Waals surface area (Å²) in [5.74, 6) is 2.58. The minimum absolute atomic E-state index is 0.191. The van der Waals surface area contributed by atoms with Gasteiger partial charge in [-0.3, -0.25) is 4.79 Å². The maximum atomic E-state index is 12.3. The Morgan fingerprint density at radius 2 is 2.10 bits per heavy atom. The molecule has 1 heterocycles. The molecule has 3 aliphatic rings. The number of fused-ring (bicyclic) bond motifs is 3. The normalized spacial score (nSPS) is 31.0. The van der Waals surface area contributed by atoms with Gasteiger partial charge in [0, 0.05) is 11.3 Å². The molecule has 3 nitrogen and oxygen atoms in total. The lowest BCUT2D eigenvalue weighted by atomic mass is 9.86. The van der Waals surface area contributed by atoms with Gasteiger partial charge < -0.3 is 5.32 Å². The van der Waals surface area contributed by atoms with Gasteiger partial charge in [-0.1, -0.05) is 12.8 Å². The second kappa shape index (κ2) is 5.71. The topological polar surface area (TPSA) is 42.0 Å². The molecule has 2 bridgehead atoms. The predicted octanol–water partition coefficient (Wildman–Crippen LogP) is 4.18. The van der Waals surface area contributed by atoms with Crippen LogP contribution in [-0.4, -0.2) is 10.9 Å². The number of hydrogen-bond donors (Lipinski definition) is 1. The average Bonchev–Trinajstić information content (AvgIpc) is 3.12. The Bertz CT molecular complexity index is 515. The van der Waals surface area contributed by atoms with E-state index in [0.717, 1.165) is 29.8 Å². The third kappa shape index (κ3) is 2.87. The van der Waals surface area contributed by atoms with Gasteiger partial charge in [0.25, 0.3) is 0 Å². The largest absolute Gasteiger partial charge is 0.302 e. The molecule has 2 saturated carbocycles. The number of thiazole rings is 1.